The molecule has 190 valence electrons. The maximum absolute atomic E-state index is 4.96. The number of aliphatic imine (C=N–C) groups is 4. The van der Waals surface area contributed by atoms with Crippen LogP contribution in [0.4, 0.5) is 11.6 Å². The van der Waals surface area contributed by atoms with Gasteiger partial charge in [-0.15, -0.1) is 0 Å². The SMILES string of the molecule is c1cnc2c(n1)C1=NC2=Nc2c3nccnc3c3n2Cn2c(c4nccnc4c2=NC2=NC(=N3)c3nccnc32)=N1. The van der Waals surface area contributed by atoms with Crippen LogP contribution in [-0.4, -0.2) is 72.3 Å². The van der Waals surface area contributed by atoms with E-state index in [1.54, 1.807) is 49.6 Å². The molecule has 4 aliphatic heterocycles. The van der Waals surface area contributed by atoms with Crippen molar-refractivity contribution in [1.82, 2.24) is 49.0 Å². The molecule has 0 amide bonds. The van der Waals surface area contributed by atoms with E-state index in [0.717, 1.165) is 0 Å². The Kier molecular flexibility index (Phi) is 3.62. The van der Waals surface area contributed by atoms with Gasteiger partial charge in [0.15, 0.2) is 46.0 Å². The van der Waals surface area contributed by atoms with Crippen LogP contribution in [0.15, 0.2) is 79.5 Å². The lowest BCUT2D eigenvalue weighted by atomic mass is 10.3. The van der Waals surface area contributed by atoms with Gasteiger partial charge >= 0.3 is 0 Å². The second kappa shape index (κ2) is 7.20. The van der Waals surface area contributed by atoms with Gasteiger partial charge in [0.2, 0.25) is 0 Å². The highest BCUT2D eigenvalue weighted by molar-refractivity contribution is 6.23. The zero-order valence-electron chi connectivity index (χ0n) is 20.5. The first-order chi connectivity index (χ1) is 20.3. The van der Waals surface area contributed by atoms with Crippen molar-refractivity contribution in [3.8, 4) is 0 Å². The van der Waals surface area contributed by atoms with E-state index in [1.165, 1.54) is 0 Å². The van der Waals surface area contributed by atoms with Crippen molar-refractivity contribution in [3.05, 3.63) is 83.3 Å². The van der Waals surface area contributed by atoms with Gasteiger partial charge in [0.05, 0.1) is 0 Å². The summed E-state index contributed by atoms with van der Waals surface area (Å²) < 4.78 is 3.76. The van der Waals surface area contributed by atoms with E-state index in [9.17, 15) is 0 Å². The molecule has 10 heterocycles. The molecule has 0 N–H and O–H groups in total. The minimum Gasteiger partial charge on any atom is -0.288 e. The molecule has 0 saturated carbocycles. The summed E-state index contributed by atoms with van der Waals surface area (Å²) in [5.41, 5.74) is 5.07. The van der Waals surface area contributed by atoms with Gasteiger partial charge < -0.3 is 0 Å². The smallest absolute Gasteiger partial charge is 0.184 e. The van der Waals surface area contributed by atoms with Gasteiger partial charge in [-0.3, -0.25) is 9.13 Å². The zero-order valence-corrected chi connectivity index (χ0v) is 20.5. The van der Waals surface area contributed by atoms with Crippen LogP contribution in [0.1, 0.15) is 22.8 Å². The van der Waals surface area contributed by atoms with Gasteiger partial charge in [-0.05, 0) is 0 Å². The van der Waals surface area contributed by atoms with E-state index >= 15 is 0 Å². The minimum atomic E-state index is 0.181. The minimum absolute atomic E-state index is 0.181. The fourth-order valence-electron chi connectivity index (χ4n) is 5.36. The van der Waals surface area contributed by atoms with Crippen LogP contribution < -0.4 is 11.0 Å². The predicted octanol–water partition coefficient (Wildman–Crippen LogP) is 0.205. The molecule has 6 aromatic rings. The molecule has 10 rings (SSSR count). The van der Waals surface area contributed by atoms with Crippen LogP contribution in [0, 0.1) is 0 Å². The molecule has 16 heteroatoms. The molecular formula is C25H10N16. The van der Waals surface area contributed by atoms with Crippen molar-refractivity contribution < 1.29 is 0 Å². The van der Waals surface area contributed by atoms with E-state index in [-0.39, 0.29) is 6.67 Å². The molecule has 41 heavy (non-hydrogen) atoms. The fraction of sp³-hybridized carbons (Fsp3) is 0.0400. The molecule has 6 aromatic heterocycles. The van der Waals surface area contributed by atoms with E-state index in [4.69, 9.17) is 30.0 Å². The maximum Gasteiger partial charge on any atom is 0.184 e. The Bertz CT molecular complexity index is 2290. The van der Waals surface area contributed by atoms with Crippen LogP contribution in [0.25, 0.3) is 22.1 Å². The van der Waals surface area contributed by atoms with Crippen LogP contribution in [-0.2, 0) is 6.67 Å². The van der Waals surface area contributed by atoms with Crippen LogP contribution >= 0.6 is 0 Å². The Balaban J connectivity index is 1.48. The summed E-state index contributed by atoms with van der Waals surface area (Å²) in [6.45, 7) is 0.181. The van der Waals surface area contributed by atoms with Gasteiger partial charge in [-0.25, -0.2) is 69.8 Å². The molecule has 0 saturated heterocycles. The monoisotopic (exact) mass is 534 g/mol. The summed E-state index contributed by atoms with van der Waals surface area (Å²) in [4.78, 5) is 66.0. The average Bonchev–Trinajstić information content (AvgIpc) is 3.72. The zero-order chi connectivity index (χ0) is 26.7. The Morgan fingerprint density at radius 1 is 0.366 bits per heavy atom. The van der Waals surface area contributed by atoms with Crippen molar-refractivity contribution in [1.29, 1.82) is 0 Å². The Labute approximate surface area is 226 Å². The lowest BCUT2D eigenvalue weighted by molar-refractivity contribution is 0.582. The van der Waals surface area contributed by atoms with E-state index in [1.807, 2.05) is 9.13 Å². The van der Waals surface area contributed by atoms with Crippen LogP contribution in [0.2, 0.25) is 0 Å². The number of hydrogen-bond donors (Lipinski definition) is 0. The van der Waals surface area contributed by atoms with Crippen LogP contribution in [0.5, 0.6) is 0 Å². The van der Waals surface area contributed by atoms with Crippen molar-refractivity contribution in [3.63, 3.8) is 0 Å². The van der Waals surface area contributed by atoms with Crippen molar-refractivity contribution >= 4 is 57.0 Å². The van der Waals surface area contributed by atoms with Gasteiger partial charge in [-0.2, -0.15) is 0 Å². The highest BCUT2D eigenvalue weighted by Crippen LogP contribution is 2.37. The normalized spacial score (nSPS) is 15.7. The summed E-state index contributed by atoms with van der Waals surface area (Å²) in [5, 5.41) is 0. The van der Waals surface area contributed by atoms with Gasteiger partial charge in [0, 0.05) is 49.6 Å². The molecule has 0 spiro atoms. The third-order valence-electron chi connectivity index (χ3n) is 7.06. The lowest BCUT2D eigenvalue weighted by Crippen LogP contribution is -2.32. The van der Waals surface area contributed by atoms with Gasteiger partial charge in [-0.1, -0.05) is 0 Å². The number of amidine groups is 4. The number of fused-ring (bicyclic) bond motifs is 14. The second-order valence-corrected chi connectivity index (χ2v) is 9.27. The summed E-state index contributed by atoms with van der Waals surface area (Å²) in [7, 11) is 0. The maximum atomic E-state index is 4.96. The summed E-state index contributed by atoms with van der Waals surface area (Å²) in [5.74, 6) is 2.35. The lowest BCUT2D eigenvalue weighted by Gasteiger charge is -2.11. The quantitative estimate of drug-likeness (QED) is 0.264. The topological polar surface area (TPSA) is 187 Å². The number of rotatable bonds is 0. The summed E-state index contributed by atoms with van der Waals surface area (Å²) >= 11 is 0. The van der Waals surface area contributed by atoms with Crippen molar-refractivity contribution in [2.45, 2.75) is 6.67 Å². The fourth-order valence-corrected chi connectivity index (χ4v) is 5.36. The molecular weight excluding hydrogens is 524 g/mol. The predicted molar refractivity (Wildman–Crippen MR) is 142 cm³/mol. The number of hydrogen-bond acceptors (Lipinski definition) is 14. The van der Waals surface area contributed by atoms with Crippen molar-refractivity contribution in [2.75, 3.05) is 0 Å². The molecule has 0 aliphatic carbocycles. The van der Waals surface area contributed by atoms with E-state index in [2.05, 4.69) is 39.9 Å². The largest absolute Gasteiger partial charge is 0.288 e. The molecule has 6 bridgehead atoms. The van der Waals surface area contributed by atoms with E-state index < -0.39 is 0 Å². The number of aromatic nitrogens is 10. The third kappa shape index (κ3) is 2.62. The Morgan fingerprint density at radius 2 is 0.732 bits per heavy atom. The molecule has 16 nitrogen and oxygen atoms in total. The highest BCUT2D eigenvalue weighted by Gasteiger charge is 2.32. The van der Waals surface area contributed by atoms with Crippen molar-refractivity contribution in [2.24, 2.45) is 30.0 Å². The van der Waals surface area contributed by atoms with Gasteiger partial charge in [0.1, 0.15) is 51.5 Å². The van der Waals surface area contributed by atoms with E-state index in [0.29, 0.717) is 90.8 Å². The standard InChI is InChI=1S/C25H10N16/c1-2-27-11-10(26-1)18-34-19(11)37-23-16-17(33-8-7-32-16)25-39-21-13-12(28-3-4-29-13)20(35-21)38-24-15-14(30-5-6-31-15)22(36-18)40(24)9-41(23)25/h1-8H,9H2. The second-order valence-electron chi connectivity index (χ2n) is 9.27. The Hall–Kier alpha value is -6.32. The molecule has 0 radical (unpaired) electrons. The molecule has 0 aromatic carbocycles. The molecule has 0 fully saturated rings. The first-order valence-electron chi connectivity index (χ1n) is 12.4. The third-order valence-corrected chi connectivity index (χ3v) is 7.06. The van der Waals surface area contributed by atoms with Crippen LogP contribution in [0.3, 0.4) is 0 Å². The first-order valence-corrected chi connectivity index (χ1v) is 12.4. The average molecular weight is 534 g/mol. The van der Waals surface area contributed by atoms with Gasteiger partial charge in [0.25, 0.3) is 0 Å². The molecule has 0 atom stereocenters. The summed E-state index contributed by atoms with van der Waals surface area (Å²) in [6.07, 6.45) is 12.8. The first kappa shape index (κ1) is 20.6. The molecule has 4 aliphatic rings. The Morgan fingerprint density at radius 3 is 1.17 bits per heavy atom. The highest BCUT2D eigenvalue weighted by atomic mass is 15.3. The number of nitrogens with zero attached hydrogens (tertiary/aromatic N) is 16. The molecule has 0 unspecified atom stereocenters. The summed E-state index contributed by atoms with van der Waals surface area (Å²) in [6, 6.07) is 0.